The van der Waals surface area contributed by atoms with E-state index in [-0.39, 0.29) is 11.9 Å². The second-order valence-electron chi connectivity index (χ2n) is 7.59. The van der Waals surface area contributed by atoms with Crippen LogP contribution in [0.3, 0.4) is 0 Å². The molecule has 2 aromatic heterocycles. The molecular weight excluding hydrogens is 474 g/mol. The molecule has 2 N–H and O–H groups in total. The molecule has 1 atom stereocenters. The van der Waals surface area contributed by atoms with Gasteiger partial charge in [-0.3, -0.25) is 9.69 Å². The molecule has 0 spiro atoms. The summed E-state index contributed by atoms with van der Waals surface area (Å²) in [4.78, 5) is 42.1. The zero-order valence-corrected chi connectivity index (χ0v) is 20.2. The maximum Gasteiger partial charge on any atom is 0.328 e. The van der Waals surface area contributed by atoms with Gasteiger partial charge in [0.25, 0.3) is 5.91 Å². The fraction of sp³-hybridized carbons (Fsp3) is 0.250. The first kappa shape index (κ1) is 25.3. The van der Waals surface area contributed by atoms with Crippen molar-refractivity contribution in [1.82, 2.24) is 14.8 Å². The molecule has 34 heavy (non-hydrogen) atoms. The average molecular weight is 500 g/mol. The minimum atomic E-state index is -1.26. The van der Waals surface area contributed by atoms with E-state index in [9.17, 15) is 14.4 Å². The quantitative estimate of drug-likeness (QED) is 0.494. The van der Waals surface area contributed by atoms with Gasteiger partial charge in [0.05, 0.1) is 4.88 Å². The number of carboxylic acids is 2. The second kappa shape index (κ2) is 12.2. The smallest absolute Gasteiger partial charge is 0.328 e. The number of thiophene rings is 1. The number of aromatic nitrogens is 1. The number of amides is 1. The summed E-state index contributed by atoms with van der Waals surface area (Å²) >= 11 is 3.20. The van der Waals surface area contributed by atoms with Crippen molar-refractivity contribution >= 4 is 40.5 Å². The highest BCUT2D eigenvalue weighted by Gasteiger charge is 2.29. The summed E-state index contributed by atoms with van der Waals surface area (Å²) in [5, 5.41) is 20.5. The number of thiazole rings is 1. The standard InChI is InChI=1S/C20H21N3OS2.C4H4O4/c1-15-12-22(13-16-6-3-2-4-7-16)9-10-23(15)20(24)17-14-26-19(21-17)18-8-5-11-25-18;5-3(6)1-2-4(7)8/h2-8,11,14-15H,9-10,12-13H2,1H3;1-2H,(H,5,6)(H,7,8). The molecular formula is C24H25N3O5S2. The third-order valence-electron chi connectivity index (χ3n) is 5.05. The maximum absolute atomic E-state index is 12.9. The maximum atomic E-state index is 12.9. The lowest BCUT2D eigenvalue weighted by Gasteiger charge is -2.39. The Bertz CT molecular complexity index is 1110. The van der Waals surface area contributed by atoms with Crippen LogP contribution in [0.5, 0.6) is 0 Å². The first-order valence-electron chi connectivity index (χ1n) is 10.5. The number of rotatable bonds is 6. The molecule has 1 aliphatic rings. The van der Waals surface area contributed by atoms with Crippen LogP contribution in [0.2, 0.25) is 0 Å². The Morgan fingerprint density at radius 2 is 1.74 bits per heavy atom. The summed E-state index contributed by atoms with van der Waals surface area (Å²) in [5.41, 5.74) is 1.89. The van der Waals surface area contributed by atoms with Crippen LogP contribution in [-0.4, -0.2) is 68.5 Å². The number of benzene rings is 1. The molecule has 1 unspecified atom stereocenters. The van der Waals surface area contributed by atoms with Crippen molar-refractivity contribution in [3.8, 4) is 9.88 Å². The van der Waals surface area contributed by atoms with Gasteiger partial charge in [-0.05, 0) is 23.9 Å². The molecule has 1 saturated heterocycles. The number of carbonyl (C=O) groups is 3. The van der Waals surface area contributed by atoms with Gasteiger partial charge in [-0.1, -0.05) is 36.4 Å². The van der Waals surface area contributed by atoms with Crippen LogP contribution < -0.4 is 0 Å². The number of hydrogen-bond donors (Lipinski definition) is 2. The molecule has 8 nitrogen and oxygen atoms in total. The molecule has 1 amide bonds. The number of aliphatic carboxylic acids is 2. The van der Waals surface area contributed by atoms with Gasteiger partial charge in [0, 0.05) is 49.8 Å². The highest BCUT2D eigenvalue weighted by Crippen LogP contribution is 2.28. The summed E-state index contributed by atoms with van der Waals surface area (Å²) in [6, 6.07) is 14.7. The van der Waals surface area contributed by atoms with Crippen molar-refractivity contribution in [3.63, 3.8) is 0 Å². The van der Waals surface area contributed by atoms with Gasteiger partial charge >= 0.3 is 11.9 Å². The molecule has 178 valence electrons. The van der Waals surface area contributed by atoms with Crippen molar-refractivity contribution in [1.29, 1.82) is 0 Å². The number of carboxylic acid groups (broad SMARTS) is 2. The van der Waals surface area contributed by atoms with Gasteiger partial charge in [0.2, 0.25) is 0 Å². The predicted molar refractivity (Wildman–Crippen MR) is 132 cm³/mol. The van der Waals surface area contributed by atoms with Crippen LogP contribution in [0.1, 0.15) is 23.0 Å². The van der Waals surface area contributed by atoms with Gasteiger partial charge in [0.1, 0.15) is 10.7 Å². The van der Waals surface area contributed by atoms with E-state index in [2.05, 4.69) is 41.1 Å². The monoisotopic (exact) mass is 499 g/mol. The lowest BCUT2D eigenvalue weighted by molar-refractivity contribution is -0.134. The lowest BCUT2D eigenvalue weighted by atomic mass is 10.1. The predicted octanol–water partition coefficient (Wildman–Crippen LogP) is 3.93. The first-order chi connectivity index (χ1) is 16.3. The third-order valence-corrected chi connectivity index (χ3v) is 6.93. The number of piperazine rings is 1. The number of hydrogen-bond acceptors (Lipinski definition) is 7. The van der Waals surface area contributed by atoms with Crippen LogP contribution in [0.15, 0.2) is 65.4 Å². The average Bonchev–Trinajstić information content (AvgIpc) is 3.51. The molecule has 3 aromatic rings. The molecule has 1 fully saturated rings. The van der Waals surface area contributed by atoms with E-state index in [1.165, 1.54) is 5.56 Å². The summed E-state index contributed by atoms with van der Waals surface area (Å²) in [7, 11) is 0. The third kappa shape index (κ3) is 7.34. The summed E-state index contributed by atoms with van der Waals surface area (Å²) in [6.45, 7) is 5.60. The zero-order chi connectivity index (χ0) is 24.5. The van der Waals surface area contributed by atoms with E-state index in [4.69, 9.17) is 10.2 Å². The van der Waals surface area contributed by atoms with Crippen LogP contribution in [-0.2, 0) is 16.1 Å². The molecule has 1 aromatic carbocycles. The minimum Gasteiger partial charge on any atom is -0.478 e. The molecule has 0 saturated carbocycles. The van der Waals surface area contributed by atoms with E-state index in [1.807, 2.05) is 33.9 Å². The Morgan fingerprint density at radius 3 is 2.32 bits per heavy atom. The fourth-order valence-corrected chi connectivity index (χ4v) is 5.10. The lowest BCUT2D eigenvalue weighted by Crippen LogP contribution is -2.53. The Morgan fingerprint density at radius 1 is 1.03 bits per heavy atom. The van der Waals surface area contributed by atoms with Crippen molar-refractivity contribution in [2.75, 3.05) is 19.6 Å². The van der Waals surface area contributed by atoms with Crippen LogP contribution in [0.4, 0.5) is 0 Å². The zero-order valence-electron chi connectivity index (χ0n) is 18.5. The van der Waals surface area contributed by atoms with E-state index in [1.54, 1.807) is 22.7 Å². The van der Waals surface area contributed by atoms with Gasteiger partial charge in [-0.15, -0.1) is 22.7 Å². The first-order valence-corrected chi connectivity index (χ1v) is 12.3. The largest absolute Gasteiger partial charge is 0.478 e. The van der Waals surface area contributed by atoms with Gasteiger partial charge < -0.3 is 15.1 Å². The fourth-order valence-electron chi connectivity index (χ4n) is 3.50. The van der Waals surface area contributed by atoms with E-state index >= 15 is 0 Å². The van der Waals surface area contributed by atoms with Crippen molar-refractivity contribution in [2.24, 2.45) is 0 Å². The topological polar surface area (TPSA) is 111 Å². The summed E-state index contributed by atoms with van der Waals surface area (Å²) in [5.74, 6) is -2.46. The van der Waals surface area contributed by atoms with Crippen LogP contribution >= 0.6 is 22.7 Å². The Hall–Kier alpha value is -3.34. The van der Waals surface area contributed by atoms with E-state index in [0.29, 0.717) is 17.8 Å². The molecule has 0 bridgehead atoms. The second-order valence-corrected chi connectivity index (χ2v) is 9.40. The molecule has 1 aliphatic heterocycles. The molecule has 0 radical (unpaired) electrons. The van der Waals surface area contributed by atoms with E-state index < -0.39 is 11.9 Å². The SMILES string of the molecule is CC1CN(Cc2ccccc2)CCN1C(=O)c1csc(-c2cccs2)n1.O=C(O)C=CC(=O)O. The van der Waals surface area contributed by atoms with Crippen LogP contribution in [0, 0.1) is 0 Å². The molecule has 10 heteroatoms. The van der Waals surface area contributed by atoms with Crippen LogP contribution in [0.25, 0.3) is 9.88 Å². The van der Waals surface area contributed by atoms with Gasteiger partial charge in [-0.25, -0.2) is 14.6 Å². The highest BCUT2D eigenvalue weighted by molar-refractivity contribution is 7.20. The normalized spacial score (nSPS) is 16.1. The van der Waals surface area contributed by atoms with Gasteiger partial charge in [-0.2, -0.15) is 0 Å². The van der Waals surface area contributed by atoms with Gasteiger partial charge in [0.15, 0.2) is 0 Å². The summed E-state index contributed by atoms with van der Waals surface area (Å²) in [6.07, 6.45) is 1.12. The Labute approximate surface area is 205 Å². The van der Waals surface area contributed by atoms with E-state index in [0.717, 1.165) is 36.1 Å². The van der Waals surface area contributed by atoms with Crippen molar-refractivity contribution in [3.05, 3.63) is 76.6 Å². The molecule has 4 rings (SSSR count). The minimum absolute atomic E-state index is 0.0518. The summed E-state index contributed by atoms with van der Waals surface area (Å²) < 4.78 is 0. The van der Waals surface area contributed by atoms with Crippen molar-refractivity contribution in [2.45, 2.75) is 19.5 Å². The Kier molecular flexibility index (Phi) is 9.08. The van der Waals surface area contributed by atoms with Crippen molar-refractivity contribution < 1.29 is 24.6 Å². The number of carbonyl (C=O) groups excluding carboxylic acids is 1. The molecule has 3 heterocycles. The Balaban J connectivity index is 0.000000350. The molecule has 0 aliphatic carbocycles. The number of nitrogens with zero attached hydrogens (tertiary/aromatic N) is 3. The highest BCUT2D eigenvalue weighted by atomic mass is 32.1.